The highest BCUT2D eigenvalue weighted by molar-refractivity contribution is 7.71. The Balaban J connectivity index is 1.86. The van der Waals surface area contributed by atoms with Crippen LogP contribution in [0.5, 0.6) is 0 Å². The lowest BCUT2D eigenvalue weighted by atomic mass is 10.2. The van der Waals surface area contributed by atoms with E-state index in [4.69, 9.17) is 12.2 Å². The minimum Gasteiger partial charge on any atom is -0.299 e. The van der Waals surface area contributed by atoms with Gasteiger partial charge in [0.15, 0.2) is 10.6 Å². The highest BCUT2D eigenvalue weighted by Crippen LogP contribution is 2.27. The second kappa shape index (κ2) is 5.46. The number of hydrogen-bond donors (Lipinski definition) is 1. The fraction of sp³-hybridized carbons (Fsp3) is 0.500. The molecular weight excluding hydrogens is 270 g/mol. The summed E-state index contributed by atoms with van der Waals surface area (Å²) in [5.41, 5.74) is 0.848. The maximum Gasteiger partial charge on any atom is 0.195 e. The largest absolute Gasteiger partial charge is 0.299 e. The van der Waals surface area contributed by atoms with E-state index in [9.17, 15) is 0 Å². The highest BCUT2D eigenvalue weighted by atomic mass is 32.1. The predicted molar refractivity (Wildman–Crippen MR) is 80.9 cm³/mol. The van der Waals surface area contributed by atoms with Crippen LogP contribution in [0, 0.1) is 4.77 Å². The van der Waals surface area contributed by atoms with Gasteiger partial charge in [0, 0.05) is 24.8 Å². The van der Waals surface area contributed by atoms with Crippen molar-refractivity contribution in [3.63, 3.8) is 0 Å². The topological polar surface area (TPSA) is 49.7 Å². The second-order valence-corrected chi connectivity index (χ2v) is 5.81. The third kappa shape index (κ3) is 2.66. The van der Waals surface area contributed by atoms with Crippen molar-refractivity contribution >= 4 is 12.2 Å². The van der Waals surface area contributed by atoms with Crippen LogP contribution < -0.4 is 0 Å². The molecule has 2 heterocycles. The zero-order chi connectivity index (χ0) is 14.1. The summed E-state index contributed by atoms with van der Waals surface area (Å²) < 4.78 is 2.70. The molecule has 0 spiro atoms. The van der Waals surface area contributed by atoms with E-state index in [2.05, 4.69) is 34.1 Å². The van der Waals surface area contributed by atoms with Gasteiger partial charge in [-0.15, -0.1) is 0 Å². The summed E-state index contributed by atoms with van der Waals surface area (Å²) >= 11 is 5.36. The summed E-state index contributed by atoms with van der Waals surface area (Å²) in [7, 11) is 2.19. The van der Waals surface area contributed by atoms with E-state index in [0.29, 0.717) is 10.8 Å². The van der Waals surface area contributed by atoms with E-state index >= 15 is 0 Å². The molecule has 1 aliphatic rings. The Kier molecular flexibility index (Phi) is 3.67. The van der Waals surface area contributed by atoms with E-state index in [-0.39, 0.29) is 0 Å². The maximum absolute atomic E-state index is 5.36. The van der Waals surface area contributed by atoms with Gasteiger partial charge in [-0.05, 0) is 51.2 Å². The van der Waals surface area contributed by atoms with Gasteiger partial charge in [0.2, 0.25) is 0 Å². The zero-order valence-electron chi connectivity index (χ0n) is 11.8. The van der Waals surface area contributed by atoms with Crippen molar-refractivity contribution in [3.8, 4) is 11.5 Å². The molecule has 0 bridgehead atoms. The number of pyridine rings is 1. The van der Waals surface area contributed by atoms with Gasteiger partial charge in [0.1, 0.15) is 5.69 Å². The standard InChI is InChI=1S/C14H19N5S/c1-10(18(2)11-6-7-11)9-19-13(16-17-14(19)20)12-5-3-4-8-15-12/h3-5,8,10-11H,6-7,9H2,1-2H3,(H,17,20). The summed E-state index contributed by atoms with van der Waals surface area (Å²) in [5, 5.41) is 7.21. The van der Waals surface area contributed by atoms with Crippen LogP contribution in [-0.2, 0) is 6.54 Å². The SMILES string of the molecule is CC(Cn1c(-c2ccccn2)n[nH]c1=S)N(C)C1CC1. The first-order valence-corrected chi connectivity index (χ1v) is 7.36. The summed E-state index contributed by atoms with van der Waals surface area (Å²) in [6.45, 7) is 3.06. The van der Waals surface area contributed by atoms with Crippen molar-refractivity contribution in [3.05, 3.63) is 29.2 Å². The molecule has 1 saturated carbocycles. The molecule has 1 aliphatic carbocycles. The Hall–Kier alpha value is -1.53. The number of rotatable bonds is 5. The molecule has 20 heavy (non-hydrogen) atoms. The van der Waals surface area contributed by atoms with Gasteiger partial charge in [-0.25, -0.2) is 0 Å². The summed E-state index contributed by atoms with van der Waals surface area (Å²) in [6, 6.07) is 6.98. The van der Waals surface area contributed by atoms with Gasteiger partial charge in [-0.1, -0.05) is 6.07 Å². The van der Waals surface area contributed by atoms with E-state index in [1.54, 1.807) is 6.20 Å². The molecule has 0 saturated heterocycles. The van der Waals surface area contributed by atoms with Gasteiger partial charge in [0.05, 0.1) is 0 Å². The van der Waals surface area contributed by atoms with Crippen LogP contribution in [0.25, 0.3) is 11.5 Å². The van der Waals surface area contributed by atoms with Crippen LogP contribution in [0.1, 0.15) is 19.8 Å². The summed E-state index contributed by atoms with van der Waals surface area (Å²) in [6.07, 6.45) is 4.40. The molecule has 0 amide bonds. The van der Waals surface area contributed by atoms with Crippen LogP contribution in [0.2, 0.25) is 0 Å². The fourth-order valence-corrected chi connectivity index (χ4v) is 2.62. The van der Waals surface area contributed by atoms with Crippen LogP contribution >= 0.6 is 12.2 Å². The summed E-state index contributed by atoms with van der Waals surface area (Å²) in [5.74, 6) is 0.812. The number of aromatic nitrogens is 4. The molecule has 1 atom stereocenters. The molecule has 1 N–H and O–H groups in total. The average molecular weight is 289 g/mol. The quantitative estimate of drug-likeness (QED) is 0.859. The van der Waals surface area contributed by atoms with Gasteiger partial charge >= 0.3 is 0 Å². The molecule has 6 heteroatoms. The first kappa shape index (κ1) is 13.5. The lowest BCUT2D eigenvalue weighted by molar-refractivity contribution is 0.225. The molecule has 2 aromatic heterocycles. The second-order valence-electron chi connectivity index (χ2n) is 5.42. The molecule has 0 radical (unpaired) electrons. The maximum atomic E-state index is 5.36. The average Bonchev–Trinajstić information content (AvgIpc) is 3.25. The number of H-pyrrole nitrogens is 1. The van der Waals surface area contributed by atoms with Crippen LogP contribution in [0.15, 0.2) is 24.4 Å². The predicted octanol–water partition coefficient (Wildman–Crippen LogP) is 2.49. The van der Waals surface area contributed by atoms with Gasteiger partial charge in [0.25, 0.3) is 0 Å². The lowest BCUT2D eigenvalue weighted by Crippen LogP contribution is -2.34. The minimum absolute atomic E-state index is 0.425. The van der Waals surface area contributed by atoms with E-state index < -0.39 is 0 Å². The smallest absolute Gasteiger partial charge is 0.195 e. The molecule has 3 rings (SSSR count). The Morgan fingerprint density at radius 2 is 2.30 bits per heavy atom. The van der Waals surface area contributed by atoms with Gasteiger partial charge in [-0.2, -0.15) is 5.10 Å². The van der Waals surface area contributed by atoms with Gasteiger partial charge in [-0.3, -0.25) is 19.5 Å². The van der Waals surface area contributed by atoms with Crippen molar-refractivity contribution in [1.82, 2.24) is 24.6 Å². The Morgan fingerprint density at radius 1 is 1.50 bits per heavy atom. The monoisotopic (exact) mass is 289 g/mol. The molecule has 0 aromatic carbocycles. The van der Waals surface area contributed by atoms with Crippen molar-refractivity contribution in [2.75, 3.05) is 7.05 Å². The summed E-state index contributed by atoms with van der Waals surface area (Å²) in [4.78, 5) is 6.79. The van der Waals surface area contributed by atoms with E-state index in [1.165, 1.54) is 12.8 Å². The van der Waals surface area contributed by atoms with Crippen molar-refractivity contribution in [1.29, 1.82) is 0 Å². The van der Waals surface area contributed by atoms with Crippen molar-refractivity contribution in [2.24, 2.45) is 0 Å². The third-order valence-corrected chi connectivity index (χ3v) is 4.23. The first-order valence-electron chi connectivity index (χ1n) is 6.95. The Morgan fingerprint density at radius 3 is 2.95 bits per heavy atom. The molecular formula is C14H19N5S. The van der Waals surface area contributed by atoms with E-state index in [1.807, 2.05) is 22.8 Å². The van der Waals surface area contributed by atoms with Crippen molar-refractivity contribution in [2.45, 2.75) is 38.4 Å². The molecule has 0 aliphatic heterocycles. The van der Waals surface area contributed by atoms with Crippen LogP contribution in [0.3, 0.4) is 0 Å². The van der Waals surface area contributed by atoms with Crippen molar-refractivity contribution < 1.29 is 0 Å². The highest BCUT2D eigenvalue weighted by Gasteiger charge is 2.29. The minimum atomic E-state index is 0.425. The molecule has 106 valence electrons. The third-order valence-electron chi connectivity index (χ3n) is 3.92. The van der Waals surface area contributed by atoms with Crippen LogP contribution in [-0.4, -0.2) is 43.8 Å². The lowest BCUT2D eigenvalue weighted by Gasteiger charge is -2.25. The molecule has 1 fully saturated rings. The molecule has 1 unspecified atom stereocenters. The number of nitrogens with zero attached hydrogens (tertiary/aromatic N) is 4. The number of nitrogens with one attached hydrogen (secondary N) is 1. The fourth-order valence-electron chi connectivity index (χ4n) is 2.41. The normalized spacial score (nSPS) is 16.6. The Labute approximate surface area is 123 Å². The van der Waals surface area contributed by atoms with E-state index in [0.717, 1.165) is 24.1 Å². The number of likely N-dealkylation sites (N-methyl/N-ethyl adjacent to an activating group) is 1. The van der Waals surface area contributed by atoms with Gasteiger partial charge < -0.3 is 0 Å². The van der Waals surface area contributed by atoms with Crippen LogP contribution in [0.4, 0.5) is 0 Å². The zero-order valence-corrected chi connectivity index (χ0v) is 12.6. The molecule has 5 nitrogen and oxygen atoms in total. The number of aromatic amines is 1. The first-order chi connectivity index (χ1) is 9.66. The molecule has 2 aromatic rings. The number of hydrogen-bond acceptors (Lipinski definition) is 4. The Bertz CT molecular complexity index is 629.